The summed E-state index contributed by atoms with van der Waals surface area (Å²) in [6.45, 7) is 2.03. The van der Waals surface area contributed by atoms with Crippen LogP contribution in [0.25, 0.3) is 0 Å². The molecule has 2 heterocycles. The molecule has 4 heteroatoms. The zero-order valence-corrected chi connectivity index (χ0v) is 12.9. The van der Waals surface area contributed by atoms with E-state index < -0.39 is 0 Å². The van der Waals surface area contributed by atoms with Crippen LogP contribution in [0.2, 0.25) is 0 Å². The van der Waals surface area contributed by atoms with Crippen LogP contribution in [0.1, 0.15) is 24.8 Å². The molecule has 1 fully saturated rings. The zero-order valence-electron chi connectivity index (χ0n) is 12.9. The summed E-state index contributed by atoms with van der Waals surface area (Å²) in [5.74, 6) is 0.778. The molecule has 3 rings (SSSR count). The Labute approximate surface area is 131 Å². The van der Waals surface area contributed by atoms with Crippen LogP contribution in [0.15, 0.2) is 48.8 Å². The Morgan fingerprint density at radius 3 is 2.59 bits per heavy atom. The summed E-state index contributed by atoms with van der Waals surface area (Å²) in [5.41, 5.74) is 1.29. The van der Waals surface area contributed by atoms with Gasteiger partial charge in [-0.05, 0) is 37.3 Å². The molecule has 1 aliphatic heterocycles. The second-order valence-electron chi connectivity index (χ2n) is 6.22. The zero-order chi connectivity index (χ0) is 15.3. The number of hydrogen-bond acceptors (Lipinski definition) is 4. The third kappa shape index (κ3) is 3.45. The fourth-order valence-corrected chi connectivity index (χ4v) is 3.30. The molecule has 116 valence electrons. The molecular formula is C18H23N3O. The van der Waals surface area contributed by atoms with E-state index in [2.05, 4.69) is 39.1 Å². The highest BCUT2D eigenvalue weighted by Gasteiger charge is 2.35. The average Bonchev–Trinajstić information content (AvgIpc) is 2.62. The molecular weight excluding hydrogens is 274 g/mol. The first-order chi connectivity index (χ1) is 10.8. The Balaban J connectivity index is 1.69. The lowest BCUT2D eigenvalue weighted by atomic mass is 9.76. The van der Waals surface area contributed by atoms with Crippen LogP contribution < -0.4 is 4.90 Å². The van der Waals surface area contributed by atoms with Gasteiger partial charge in [-0.1, -0.05) is 30.3 Å². The van der Waals surface area contributed by atoms with Gasteiger partial charge in [0.25, 0.3) is 0 Å². The minimum absolute atomic E-state index is 0.0483. The van der Waals surface area contributed by atoms with Crippen LogP contribution in [0, 0.1) is 5.41 Å². The van der Waals surface area contributed by atoms with Crippen molar-refractivity contribution in [3.05, 3.63) is 54.4 Å². The van der Waals surface area contributed by atoms with Crippen molar-refractivity contribution in [2.45, 2.75) is 25.7 Å². The van der Waals surface area contributed by atoms with Crippen molar-refractivity contribution in [2.24, 2.45) is 5.41 Å². The van der Waals surface area contributed by atoms with Crippen LogP contribution in [-0.2, 0) is 6.42 Å². The number of aryl methyl sites for hydroxylation is 1. The van der Waals surface area contributed by atoms with Crippen molar-refractivity contribution >= 4 is 5.95 Å². The number of benzene rings is 1. The number of hydrogen-bond donors (Lipinski definition) is 1. The Bertz CT molecular complexity index is 575. The Morgan fingerprint density at radius 1 is 1.09 bits per heavy atom. The van der Waals surface area contributed by atoms with Crippen molar-refractivity contribution in [2.75, 3.05) is 24.6 Å². The lowest BCUT2D eigenvalue weighted by Gasteiger charge is -2.42. The van der Waals surface area contributed by atoms with Gasteiger partial charge in [0.1, 0.15) is 0 Å². The van der Waals surface area contributed by atoms with Crippen LogP contribution in [0.3, 0.4) is 0 Å². The van der Waals surface area contributed by atoms with Crippen molar-refractivity contribution < 1.29 is 5.11 Å². The first kappa shape index (κ1) is 15.0. The van der Waals surface area contributed by atoms with Gasteiger partial charge in [-0.15, -0.1) is 0 Å². The maximum absolute atomic E-state index is 10.0. The molecule has 1 atom stereocenters. The SMILES string of the molecule is OCC1(CCc2ccccc2)CCCN(c2ncccn2)C1. The van der Waals surface area contributed by atoms with Gasteiger partial charge in [0.2, 0.25) is 5.95 Å². The van der Waals surface area contributed by atoms with Gasteiger partial charge in [0, 0.05) is 30.9 Å². The Hall–Kier alpha value is -1.94. The Kier molecular flexibility index (Phi) is 4.68. The van der Waals surface area contributed by atoms with Gasteiger partial charge in [0.15, 0.2) is 0 Å². The molecule has 0 spiro atoms. The van der Waals surface area contributed by atoms with Crippen LogP contribution in [0.4, 0.5) is 5.95 Å². The van der Waals surface area contributed by atoms with E-state index in [9.17, 15) is 5.11 Å². The number of piperidine rings is 1. The van der Waals surface area contributed by atoms with Crippen molar-refractivity contribution in [1.82, 2.24) is 9.97 Å². The summed E-state index contributed by atoms with van der Waals surface area (Å²) in [7, 11) is 0. The summed E-state index contributed by atoms with van der Waals surface area (Å²) in [4.78, 5) is 10.9. The van der Waals surface area contributed by atoms with Gasteiger partial charge in [-0.2, -0.15) is 0 Å². The molecule has 1 N–H and O–H groups in total. The standard InChI is InChI=1S/C18H23N3O/c22-15-18(10-8-16-6-2-1-3-7-16)9-4-13-21(14-18)17-19-11-5-12-20-17/h1-3,5-7,11-12,22H,4,8-10,13-15H2. The molecule has 0 amide bonds. The van der Waals surface area contributed by atoms with E-state index in [-0.39, 0.29) is 12.0 Å². The minimum atomic E-state index is -0.0483. The molecule has 1 aliphatic rings. The molecule has 1 unspecified atom stereocenters. The third-order valence-corrected chi connectivity index (χ3v) is 4.62. The number of aliphatic hydroxyl groups is 1. The van der Waals surface area contributed by atoms with Gasteiger partial charge in [-0.3, -0.25) is 0 Å². The number of rotatable bonds is 5. The second kappa shape index (κ2) is 6.88. The fourth-order valence-electron chi connectivity index (χ4n) is 3.30. The molecule has 0 saturated carbocycles. The van der Waals surface area contributed by atoms with Crippen molar-refractivity contribution in [3.8, 4) is 0 Å². The monoisotopic (exact) mass is 297 g/mol. The lowest BCUT2D eigenvalue weighted by Crippen LogP contribution is -2.46. The van der Waals surface area contributed by atoms with Gasteiger partial charge < -0.3 is 10.0 Å². The maximum Gasteiger partial charge on any atom is 0.225 e. The molecule has 0 radical (unpaired) electrons. The fraction of sp³-hybridized carbons (Fsp3) is 0.444. The van der Waals surface area contributed by atoms with Gasteiger partial charge >= 0.3 is 0 Å². The summed E-state index contributed by atoms with van der Waals surface area (Å²) < 4.78 is 0. The predicted molar refractivity (Wildman–Crippen MR) is 87.8 cm³/mol. The number of aromatic nitrogens is 2. The summed E-state index contributed by atoms with van der Waals surface area (Å²) in [5, 5.41) is 10.0. The normalized spacial score (nSPS) is 21.8. The smallest absolute Gasteiger partial charge is 0.225 e. The molecule has 1 saturated heterocycles. The van der Waals surface area contributed by atoms with E-state index in [1.165, 1.54) is 5.56 Å². The van der Waals surface area contributed by atoms with E-state index in [1.807, 2.05) is 12.1 Å². The summed E-state index contributed by atoms with van der Waals surface area (Å²) in [6.07, 6.45) is 7.71. The quantitative estimate of drug-likeness (QED) is 0.922. The van der Waals surface area contributed by atoms with Gasteiger partial charge in [-0.25, -0.2) is 9.97 Å². The predicted octanol–water partition coefficient (Wildman–Crippen LogP) is 2.69. The Morgan fingerprint density at radius 2 is 1.86 bits per heavy atom. The first-order valence-electron chi connectivity index (χ1n) is 7.98. The number of nitrogens with zero attached hydrogens (tertiary/aromatic N) is 3. The van der Waals surface area contributed by atoms with Crippen molar-refractivity contribution in [3.63, 3.8) is 0 Å². The first-order valence-corrected chi connectivity index (χ1v) is 7.98. The highest BCUT2D eigenvalue weighted by molar-refractivity contribution is 5.30. The highest BCUT2D eigenvalue weighted by Crippen LogP contribution is 2.35. The maximum atomic E-state index is 10.0. The molecule has 0 bridgehead atoms. The summed E-state index contributed by atoms with van der Waals surface area (Å²) >= 11 is 0. The van der Waals surface area contributed by atoms with Crippen LogP contribution in [-0.4, -0.2) is 34.8 Å². The van der Waals surface area contributed by atoms with E-state index in [0.29, 0.717) is 0 Å². The largest absolute Gasteiger partial charge is 0.396 e. The number of anilines is 1. The average molecular weight is 297 g/mol. The minimum Gasteiger partial charge on any atom is -0.396 e. The number of aliphatic hydroxyl groups excluding tert-OH is 1. The molecule has 22 heavy (non-hydrogen) atoms. The molecule has 1 aromatic heterocycles. The van der Waals surface area contributed by atoms with Crippen LogP contribution in [0.5, 0.6) is 0 Å². The molecule has 2 aromatic rings. The second-order valence-corrected chi connectivity index (χ2v) is 6.22. The van der Waals surface area contributed by atoms with Gasteiger partial charge in [0.05, 0.1) is 6.61 Å². The summed E-state index contributed by atoms with van der Waals surface area (Å²) in [6, 6.07) is 12.3. The molecule has 0 aliphatic carbocycles. The van der Waals surface area contributed by atoms with E-state index in [0.717, 1.165) is 44.7 Å². The topological polar surface area (TPSA) is 49.2 Å². The lowest BCUT2D eigenvalue weighted by molar-refractivity contribution is 0.0960. The highest BCUT2D eigenvalue weighted by atomic mass is 16.3. The van der Waals surface area contributed by atoms with E-state index in [1.54, 1.807) is 12.4 Å². The molecule has 4 nitrogen and oxygen atoms in total. The third-order valence-electron chi connectivity index (χ3n) is 4.62. The molecule has 1 aromatic carbocycles. The van der Waals surface area contributed by atoms with E-state index in [4.69, 9.17) is 0 Å². The van der Waals surface area contributed by atoms with Crippen molar-refractivity contribution in [1.29, 1.82) is 0 Å². The van der Waals surface area contributed by atoms with Crippen LogP contribution >= 0.6 is 0 Å². The van der Waals surface area contributed by atoms with E-state index >= 15 is 0 Å².